The Kier molecular flexibility index (Phi) is 5.77. The number of hydrogen-bond acceptors (Lipinski definition) is 5. The number of benzene rings is 1. The molecule has 0 saturated heterocycles. The Hall–Kier alpha value is -2.08. The van der Waals surface area contributed by atoms with Gasteiger partial charge in [0.2, 0.25) is 5.91 Å². The van der Waals surface area contributed by atoms with Crippen molar-refractivity contribution in [3.63, 3.8) is 0 Å². The molecular formula is C16H20N4OS. The largest absolute Gasteiger partial charge is 0.384 e. The van der Waals surface area contributed by atoms with E-state index in [1.54, 1.807) is 6.07 Å². The number of rotatable bonds is 6. The Labute approximate surface area is 134 Å². The highest BCUT2D eigenvalue weighted by Gasteiger charge is 2.09. The van der Waals surface area contributed by atoms with Gasteiger partial charge in [0.05, 0.1) is 6.04 Å². The van der Waals surface area contributed by atoms with E-state index in [1.165, 1.54) is 11.8 Å². The van der Waals surface area contributed by atoms with Crippen LogP contribution in [0.25, 0.3) is 0 Å². The van der Waals surface area contributed by atoms with Crippen LogP contribution in [0.2, 0.25) is 0 Å². The van der Waals surface area contributed by atoms with E-state index < -0.39 is 0 Å². The molecule has 0 unspecified atom stereocenters. The fraction of sp³-hybridized carbons (Fsp3) is 0.312. The highest BCUT2D eigenvalue weighted by atomic mass is 32.2. The monoisotopic (exact) mass is 316 g/mol. The van der Waals surface area contributed by atoms with E-state index in [-0.39, 0.29) is 11.9 Å². The molecule has 22 heavy (non-hydrogen) atoms. The zero-order valence-electron chi connectivity index (χ0n) is 12.7. The molecule has 6 heteroatoms. The van der Waals surface area contributed by atoms with E-state index in [4.69, 9.17) is 5.73 Å². The summed E-state index contributed by atoms with van der Waals surface area (Å²) in [5.74, 6) is 1.09. The van der Waals surface area contributed by atoms with Crippen LogP contribution < -0.4 is 11.1 Å². The smallest absolute Gasteiger partial charge is 0.221 e. The molecule has 2 rings (SSSR count). The minimum absolute atomic E-state index is 0.00423. The van der Waals surface area contributed by atoms with Crippen LogP contribution in [0.4, 0.5) is 5.82 Å². The lowest BCUT2D eigenvalue weighted by atomic mass is 10.1. The van der Waals surface area contributed by atoms with Gasteiger partial charge in [-0.1, -0.05) is 42.1 Å². The Balaban J connectivity index is 1.78. The molecule has 2 aromatic rings. The Morgan fingerprint density at radius 1 is 1.32 bits per heavy atom. The lowest BCUT2D eigenvalue weighted by Gasteiger charge is -2.14. The molecule has 116 valence electrons. The average Bonchev–Trinajstić information content (AvgIpc) is 2.47. The third-order valence-corrected chi connectivity index (χ3v) is 3.94. The topological polar surface area (TPSA) is 80.9 Å². The minimum atomic E-state index is 0.00423. The fourth-order valence-corrected chi connectivity index (χ4v) is 2.85. The molecule has 0 spiro atoms. The van der Waals surface area contributed by atoms with Crippen LogP contribution in [-0.4, -0.2) is 21.6 Å². The van der Waals surface area contributed by atoms with Gasteiger partial charge in [-0.05, 0) is 19.4 Å². The molecule has 0 radical (unpaired) electrons. The number of nitrogen functional groups attached to an aromatic ring is 1. The average molecular weight is 316 g/mol. The second-order valence-corrected chi connectivity index (χ2v) is 6.08. The maximum Gasteiger partial charge on any atom is 0.221 e. The molecule has 0 aliphatic carbocycles. The first-order valence-corrected chi connectivity index (χ1v) is 8.11. The standard InChI is InChI=1S/C16H20N4OS/c1-11-10-14(17)20-16(18-11)22-9-8-15(21)19-12(2)13-6-4-3-5-7-13/h3-7,10,12H,8-9H2,1-2H3,(H,19,21)(H2,17,18,20)/t12-/m1/s1. The number of nitrogens with one attached hydrogen (secondary N) is 1. The number of thioether (sulfide) groups is 1. The number of carbonyl (C=O) groups excluding carboxylic acids is 1. The second-order valence-electron chi connectivity index (χ2n) is 5.02. The third-order valence-electron chi connectivity index (χ3n) is 3.09. The van der Waals surface area contributed by atoms with Crippen molar-refractivity contribution >= 4 is 23.5 Å². The van der Waals surface area contributed by atoms with Crippen molar-refractivity contribution in [2.24, 2.45) is 0 Å². The molecular weight excluding hydrogens is 296 g/mol. The molecule has 1 amide bonds. The third kappa shape index (κ3) is 5.04. The molecule has 0 fully saturated rings. The van der Waals surface area contributed by atoms with Gasteiger partial charge in [0.15, 0.2) is 5.16 Å². The van der Waals surface area contributed by atoms with Crippen LogP contribution in [0, 0.1) is 6.92 Å². The molecule has 0 aliphatic rings. The number of aryl methyl sites for hydroxylation is 1. The molecule has 5 nitrogen and oxygen atoms in total. The summed E-state index contributed by atoms with van der Waals surface area (Å²) >= 11 is 1.44. The number of aromatic nitrogens is 2. The van der Waals surface area contributed by atoms with Crippen LogP contribution in [0.3, 0.4) is 0 Å². The van der Waals surface area contributed by atoms with Crippen molar-refractivity contribution in [3.8, 4) is 0 Å². The molecule has 3 N–H and O–H groups in total. The minimum Gasteiger partial charge on any atom is -0.384 e. The lowest BCUT2D eigenvalue weighted by Crippen LogP contribution is -2.26. The maximum absolute atomic E-state index is 12.0. The summed E-state index contributed by atoms with van der Waals surface area (Å²) in [7, 11) is 0. The van der Waals surface area contributed by atoms with Gasteiger partial charge in [-0.25, -0.2) is 9.97 Å². The van der Waals surface area contributed by atoms with E-state index >= 15 is 0 Å². The molecule has 0 aliphatic heterocycles. The Morgan fingerprint density at radius 2 is 2.05 bits per heavy atom. The summed E-state index contributed by atoms with van der Waals surface area (Å²) in [4.78, 5) is 20.4. The molecule has 1 heterocycles. The first-order valence-electron chi connectivity index (χ1n) is 7.13. The van der Waals surface area contributed by atoms with Gasteiger partial charge < -0.3 is 11.1 Å². The van der Waals surface area contributed by atoms with Crippen LogP contribution in [0.1, 0.15) is 30.6 Å². The second kappa shape index (κ2) is 7.79. The summed E-state index contributed by atoms with van der Waals surface area (Å²) in [6, 6.07) is 11.6. The van der Waals surface area contributed by atoms with E-state index in [0.29, 0.717) is 23.1 Å². The van der Waals surface area contributed by atoms with Crippen molar-refractivity contribution in [2.75, 3.05) is 11.5 Å². The van der Waals surface area contributed by atoms with Crippen molar-refractivity contribution in [1.82, 2.24) is 15.3 Å². The van der Waals surface area contributed by atoms with Crippen molar-refractivity contribution in [2.45, 2.75) is 31.5 Å². The number of nitrogens with two attached hydrogens (primary N) is 1. The van der Waals surface area contributed by atoms with E-state index in [1.807, 2.05) is 44.2 Å². The molecule has 0 saturated carbocycles. The quantitative estimate of drug-likeness (QED) is 0.632. The maximum atomic E-state index is 12.0. The van der Waals surface area contributed by atoms with Crippen LogP contribution in [0.5, 0.6) is 0 Å². The number of carbonyl (C=O) groups is 1. The van der Waals surface area contributed by atoms with Crippen molar-refractivity contribution in [3.05, 3.63) is 47.7 Å². The van der Waals surface area contributed by atoms with Crippen LogP contribution in [0.15, 0.2) is 41.6 Å². The first-order chi connectivity index (χ1) is 10.5. The van der Waals surface area contributed by atoms with Gasteiger partial charge in [0.1, 0.15) is 5.82 Å². The highest BCUT2D eigenvalue weighted by Crippen LogP contribution is 2.16. The molecule has 1 aromatic carbocycles. The number of hydrogen-bond donors (Lipinski definition) is 2. The lowest BCUT2D eigenvalue weighted by molar-refractivity contribution is -0.121. The highest BCUT2D eigenvalue weighted by molar-refractivity contribution is 7.99. The van der Waals surface area contributed by atoms with Gasteiger partial charge in [-0.3, -0.25) is 4.79 Å². The predicted molar refractivity (Wildman–Crippen MR) is 89.5 cm³/mol. The van der Waals surface area contributed by atoms with Crippen LogP contribution in [-0.2, 0) is 4.79 Å². The van der Waals surface area contributed by atoms with E-state index in [0.717, 1.165) is 11.3 Å². The van der Waals surface area contributed by atoms with Gasteiger partial charge in [0.25, 0.3) is 0 Å². The summed E-state index contributed by atoms with van der Waals surface area (Å²) in [6.07, 6.45) is 0.416. The zero-order valence-corrected chi connectivity index (χ0v) is 13.6. The number of anilines is 1. The van der Waals surface area contributed by atoms with Gasteiger partial charge in [0, 0.05) is 23.9 Å². The summed E-state index contributed by atoms with van der Waals surface area (Å²) in [6.45, 7) is 3.85. The van der Waals surface area contributed by atoms with E-state index in [9.17, 15) is 4.79 Å². The van der Waals surface area contributed by atoms with Crippen molar-refractivity contribution in [1.29, 1.82) is 0 Å². The molecule has 1 atom stereocenters. The van der Waals surface area contributed by atoms with Crippen LogP contribution >= 0.6 is 11.8 Å². The van der Waals surface area contributed by atoms with Gasteiger partial charge in [-0.2, -0.15) is 0 Å². The summed E-state index contributed by atoms with van der Waals surface area (Å²) in [5.41, 5.74) is 7.60. The molecule has 1 aromatic heterocycles. The zero-order chi connectivity index (χ0) is 15.9. The Morgan fingerprint density at radius 3 is 2.73 bits per heavy atom. The SMILES string of the molecule is Cc1cc(N)nc(SCCC(=O)N[C@H](C)c2ccccc2)n1. The fourth-order valence-electron chi connectivity index (χ4n) is 2.00. The molecule has 0 bridgehead atoms. The van der Waals surface area contributed by atoms with E-state index in [2.05, 4.69) is 15.3 Å². The van der Waals surface area contributed by atoms with Crippen molar-refractivity contribution < 1.29 is 4.79 Å². The van der Waals surface area contributed by atoms with Gasteiger partial charge >= 0.3 is 0 Å². The van der Waals surface area contributed by atoms with Gasteiger partial charge in [-0.15, -0.1) is 0 Å². The Bertz CT molecular complexity index is 613. The summed E-state index contributed by atoms with van der Waals surface area (Å²) < 4.78 is 0. The number of amides is 1. The summed E-state index contributed by atoms with van der Waals surface area (Å²) in [5, 5.41) is 3.60. The normalized spacial score (nSPS) is 11.9. The first kappa shape index (κ1) is 16.3. The number of nitrogens with zero attached hydrogens (tertiary/aromatic N) is 2. The predicted octanol–water partition coefficient (Wildman–Crippen LogP) is 2.73.